The first-order valence-electron chi connectivity index (χ1n) is 7.33. The second-order valence-corrected chi connectivity index (χ2v) is 5.15. The van der Waals surface area contributed by atoms with E-state index in [4.69, 9.17) is 4.98 Å². The van der Waals surface area contributed by atoms with Crippen molar-refractivity contribution in [1.29, 1.82) is 0 Å². The summed E-state index contributed by atoms with van der Waals surface area (Å²) in [5.74, 6) is 1.73. The third-order valence-corrected chi connectivity index (χ3v) is 3.41. The van der Waals surface area contributed by atoms with Crippen molar-refractivity contribution in [1.82, 2.24) is 9.97 Å². The van der Waals surface area contributed by atoms with Crippen LogP contribution in [0.4, 0.5) is 5.82 Å². The minimum atomic E-state index is 0.815. The van der Waals surface area contributed by atoms with E-state index in [-0.39, 0.29) is 0 Å². The SMILES string of the molecule is CCCc1cc(NCC)nc(-c2ccc(C)c(C)c2)n1. The van der Waals surface area contributed by atoms with Crippen LogP contribution in [0.3, 0.4) is 0 Å². The monoisotopic (exact) mass is 269 g/mol. The van der Waals surface area contributed by atoms with Gasteiger partial charge in [0.1, 0.15) is 5.82 Å². The maximum absolute atomic E-state index is 4.70. The highest BCUT2D eigenvalue weighted by molar-refractivity contribution is 5.59. The van der Waals surface area contributed by atoms with Gasteiger partial charge in [0.2, 0.25) is 0 Å². The number of nitrogens with zero attached hydrogens (tertiary/aromatic N) is 2. The van der Waals surface area contributed by atoms with Gasteiger partial charge >= 0.3 is 0 Å². The molecule has 0 fully saturated rings. The summed E-state index contributed by atoms with van der Waals surface area (Å²) in [5.41, 5.74) is 4.76. The van der Waals surface area contributed by atoms with Crippen LogP contribution in [0.25, 0.3) is 11.4 Å². The lowest BCUT2D eigenvalue weighted by Gasteiger charge is -2.10. The molecular weight excluding hydrogens is 246 g/mol. The third kappa shape index (κ3) is 3.35. The van der Waals surface area contributed by atoms with Crippen molar-refractivity contribution >= 4 is 5.82 Å². The fourth-order valence-corrected chi connectivity index (χ4v) is 2.16. The molecule has 0 aliphatic rings. The predicted octanol–water partition coefficient (Wildman–Crippen LogP) is 4.14. The van der Waals surface area contributed by atoms with Crippen LogP contribution in [0, 0.1) is 13.8 Å². The average Bonchev–Trinajstić information content (AvgIpc) is 2.42. The zero-order chi connectivity index (χ0) is 14.5. The van der Waals surface area contributed by atoms with Crippen molar-refractivity contribution in [3.8, 4) is 11.4 Å². The largest absolute Gasteiger partial charge is 0.370 e. The number of benzene rings is 1. The van der Waals surface area contributed by atoms with Crippen LogP contribution >= 0.6 is 0 Å². The summed E-state index contributed by atoms with van der Waals surface area (Å²) >= 11 is 0. The molecule has 0 aliphatic heterocycles. The molecule has 3 heteroatoms. The van der Waals surface area contributed by atoms with Gasteiger partial charge in [0.15, 0.2) is 5.82 Å². The Kier molecular flexibility index (Phi) is 4.72. The summed E-state index contributed by atoms with van der Waals surface area (Å²) in [4.78, 5) is 9.32. The summed E-state index contributed by atoms with van der Waals surface area (Å²) in [7, 11) is 0. The molecule has 0 bridgehead atoms. The van der Waals surface area contributed by atoms with E-state index in [0.717, 1.165) is 42.3 Å². The van der Waals surface area contributed by atoms with Crippen molar-refractivity contribution in [3.63, 3.8) is 0 Å². The van der Waals surface area contributed by atoms with Crippen LogP contribution in [0.15, 0.2) is 24.3 Å². The maximum Gasteiger partial charge on any atom is 0.161 e. The summed E-state index contributed by atoms with van der Waals surface area (Å²) in [6, 6.07) is 8.45. The van der Waals surface area contributed by atoms with Gasteiger partial charge in [-0.15, -0.1) is 0 Å². The van der Waals surface area contributed by atoms with Crippen molar-refractivity contribution in [2.45, 2.75) is 40.5 Å². The number of nitrogens with one attached hydrogen (secondary N) is 1. The molecular formula is C17H23N3. The van der Waals surface area contributed by atoms with Gasteiger partial charge in [-0.3, -0.25) is 0 Å². The van der Waals surface area contributed by atoms with Gasteiger partial charge in [-0.05, 0) is 44.4 Å². The molecule has 0 atom stereocenters. The van der Waals surface area contributed by atoms with E-state index in [1.165, 1.54) is 11.1 Å². The van der Waals surface area contributed by atoms with Gasteiger partial charge < -0.3 is 5.32 Å². The highest BCUT2D eigenvalue weighted by Crippen LogP contribution is 2.21. The van der Waals surface area contributed by atoms with Gasteiger partial charge in [-0.25, -0.2) is 9.97 Å². The minimum Gasteiger partial charge on any atom is -0.370 e. The molecule has 2 rings (SSSR count). The van der Waals surface area contributed by atoms with E-state index in [9.17, 15) is 0 Å². The lowest BCUT2D eigenvalue weighted by molar-refractivity contribution is 0.875. The Morgan fingerprint density at radius 2 is 1.80 bits per heavy atom. The summed E-state index contributed by atoms with van der Waals surface area (Å²) in [6.07, 6.45) is 2.08. The van der Waals surface area contributed by atoms with Crippen LogP contribution in [-0.2, 0) is 6.42 Å². The Labute approximate surface area is 121 Å². The lowest BCUT2D eigenvalue weighted by atomic mass is 10.1. The second-order valence-electron chi connectivity index (χ2n) is 5.15. The third-order valence-electron chi connectivity index (χ3n) is 3.41. The zero-order valence-electron chi connectivity index (χ0n) is 12.8. The smallest absolute Gasteiger partial charge is 0.161 e. The summed E-state index contributed by atoms with van der Waals surface area (Å²) < 4.78 is 0. The molecule has 0 unspecified atom stereocenters. The standard InChI is InChI=1S/C17H23N3/c1-5-7-15-11-16(18-6-2)20-17(19-15)14-9-8-12(3)13(4)10-14/h8-11H,5-7H2,1-4H3,(H,18,19,20). The van der Waals surface area contributed by atoms with Gasteiger partial charge in [-0.1, -0.05) is 25.5 Å². The topological polar surface area (TPSA) is 37.8 Å². The van der Waals surface area contributed by atoms with Crippen molar-refractivity contribution in [3.05, 3.63) is 41.1 Å². The van der Waals surface area contributed by atoms with Gasteiger partial charge in [0, 0.05) is 23.9 Å². The molecule has 20 heavy (non-hydrogen) atoms. The Bertz CT molecular complexity index is 567. The molecule has 1 heterocycles. The number of rotatable bonds is 5. The predicted molar refractivity (Wildman–Crippen MR) is 85.1 cm³/mol. The Balaban J connectivity index is 2.45. The van der Waals surface area contributed by atoms with Crippen molar-refractivity contribution in [2.75, 3.05) is 11.9 Å². The van der Waals surface area contributed by atoms with Crippen LogP contribution in [0.2, 0.25) is 0 Å². The van der Waals surface area contributed by atoms with Gasteiger partial charge in [-0.2, -0.15) is 0 Å². The molecule has 0 aliphatic carbocycles. The zero-order valence-corrected chi connectivity index (χ0v) is 12.8. The van der Waals surface area contributed by atoms with Crippen molar-refractivity contribution in [2.24, 2.45) is 0 Å². The summed E-state index contributed by atoms with van der Waals surface area (Å²) in [6.45, 7) is 9.37. The quantitative estimate of drug-likeness (QED) is 0.886. The number of anilines is 1. The highest BCUT2D eigenvalue weighted by atomic mass is 15.0. The van der Waals surface area contributed by atoms with Gasteiger partial charge in [0.05, 0.1) is 0 Å². The molecule has 0 spiro atoms. The maximum atomic E-state index is 4.70. The molecule has 1 N–H and O–H groups in total. The molecule has 0 radical (unpaired) electrons. The molecule has 0 amide bonds. The molecule has 2 aromatic rings. The molecule has 0 saturated heterocycles. The normalized spacial score (nSPS) is 10.6. The van der Waals surface area contributed by atoms with Gasteiger partial charge in [0.25, 0.3) is 0 Å². The first kappa shape index (κ1) is 14.5. The molecule has 1 aromatic carbocycles. The molecule has 0 saturated carbocycles. The molecule has 3 nitrogen and oxygen atoms in total. The Morgan fingerprint density at radius 1 is 1.00 bits per heavy atom. The number of hydrogen-bond acceptors (Lipinski definition) is 3. The lowest BCUT2D eigenvalue weighted by Crippen LogP contribution is -2.04. The van der Waals surface area contributed by atoms with E-state index in [0.29, 0.717) is 0 Å². The van der Waals surface area contributed by atoms with Crippen LogP contribution in [0.5, 0.6) is 0 Å². The second kappa shape index (κ2) is 6.51. The van der Waals surface area contributed by atoms with Crippen LogP contribution < -0.4 is 5.32 Å². The summed E-state index contributed by atoms with van der Waals surface area (Å²) in [5, 5.41) is 3.29. The van der Waals surface area contributed by atoms with Crippen LogP contribution in [-0.4, -0.2) is 16.5 Å². The molecule has 106 valence electrons. The van der Waals surface area contributed by atoms with E-state index in [2.05, 4.69) is 62.3 Å². The van der Waals surface area contributed by atoms with Crippen molar-refractivity contribution < 1.29 is 0 Å². The Hall–Kier alpha value is -1.90. The minimum absolute atomic E-state index is 0.815. The molecule has 1 aromatic heterocycles. The van der Waals surface area contributed by atoms with E-state index in [1.54, 1.807) is 0 Å². The number of hydrogen-bond donors (Lipinski definition) is 1. The van der Waals surface area contributed by atoms with E-state index >= 15 is 0 Å². The van der Waals surface area contributed by atoms with Crippen LogP contribution in [0.1, 0.15) is 37.1 Å². The fourth-order valence-electron chi connectivity index (χ4n) is 2.16. The number of aromatic nitrogens is 2. The first-order chi connectivity index (χ1) is 9.63. The van der Waals surface area contributed by atoms with E-state index in [1.807, 2.05) is 0 Å². The Morgan fingerprint density at radius 3 is 2.45 bits per heavy atom. The fraction of sp³-hybridized carbons (Fsp3) is 0.412. The number of aryl methyl sites for hydroxylation is 3. The average molecular weight is 269 g/mol. The highest BCUT2D eigenvalue weighted by Gasteiger charge is 2.07. The first-order valence-corrected chi connectivity index (χ1v) is 7.33. The van der Waals surface area contributed by atoms with E-state index < -0.39 is 0 Å².